The number of amides is 1. The van der Waals surface area contributed by atoms with Gasteiger partial charge in [0.1, 0.15) is 11.5 Å². The Morgan fingerprint density at radius 1 is 1.17 bits per heavy atom. The van der Waals surface area contributed by atoms with Crippen molar-refractivity contribution in [2.24, 2.45) is 0 Å². The molecule has 0 atom stereocenters. The monoisotopic (exact) mass is 332 g/mol. The number of hydrogen-bond acceptors (Lipinski definition) is 4. The number of Topliss-reactive ketones (excluding diaryl/α,β-unsaturated/α-hetero) is 1. The molecule has 0 aliphatic rings. The van der Waals surface area contributed by atoms with Crippen molar-refractivity contribution in [3.63, 3.8) is 0 Å². The Morgan fingerprint density at radius 2 is 1.79 bits per heavy atom. The maximum Gasteiger partial charge on any atom is 0.355 e. The Labute approximate surface area is 138 Å². The second-order valence-electron chi connectivity index (χ2n) is 5.31. The first-order valence-corrected chi connectivity index (χ1v) is 7.22. The molecule has 0 saturated heterocycles. The van der Waals surface area contributed by atoms with E-state index in [2.05, 4.69) is 10.3 Å². The lowest BCUT2D eigenvalue weighted by Crippen LogP contribution is -2.21. The van der Waals surface area contributed by atoms with Crippen molar-refractivity contribution in [1.82, 2.24) is 4.98 Å². The number of carbonyl (C=O) groups is 3. The van der Waals surface area contributed by atoms with E-state index in [4.69, 9.17) is 4.74 Å². The van der Waals surface area contributed by atoms with Crippen LogP contribution >= 0.6 is 0 Å². The number of rotatable bonds is 5. The van der Waals surface area contributed by atoms with E-state index >= 15 is 0 Å². The molecule has 6 nitrogen and oxygen atoms in total. The van der Waals surface area contributed by atoms with E-state index in [0.717, 1.165) is 0 Å². The van der Waals surface area contributed by atoms with Gasteiger partial charge in [0.15, 0.2) is 12.4 Å². The summed E-state index contributed by atoms with van der Waals surface area (Å²) in [7, 11) is 0. The minimum atomic E-state index is -0.725. The summed E-state index contributed by atoms with van der Waals surface area (Å²) in [5.41, 5.74) is 2.04. The van der Waals surface area contributed by atoms with Crippen molar-refractivity contribution in [3.8, 4) is 0 Å². The molecular formula is C17H17FN2O4. The standard InChI is InChI=1S/C17H17FN2O4/c1-9-15(11(3)21)10(2)19-16(9)17(23)24-8-14(22)20-13-6-4-12(18)5-7-13/h4-7,19H,8H2,1-3H3,(H,20,22). The average Bonchev–Trinajstić information content (AvgIpc) is 2.82. The topological polar surface area (TPSA) is 88.3 Å². The first-order chi connectivity index (χ1) is 11.3. The van der Waals surface area contributed by atoms with E-state index in [1.54, 1.807) is 13.8 Å². The molecule has 1 amide bonds. The fraction of sp³-hybridized carbons (Fsp3) is 0.235. The van der Waals surface area contributed by atoms with Gasteiger partial charge in [-0.1, -0.05) is 0 Å². The molecule has 0 saturated carbocycles. The first-order valence-electron chi connectivity index (χ1n) is 7.22. The molecule has 126 valence electrons. The van der Waals surface area contributed by atoms with Crippen molar-refractivity contribution in [2.45, 2.75) is 20.8 Å². The van der Waals surface area contributed by atoms with Crippen LogP contribution in [0, 0.1) is 19.7 Å². The smallest absolute Gasteiger partial charge is 0.355 e. The first kappa shape index (κ1) is 17.4. The molecule has 0 bridgehead atoms. The number of nitrogens with one attached hydrogen (secondary N) is 2. The Morgan fingerprint density at radius 3 is 2.33 bits per heavy atom. The molecule has 0 fully saturated rings. The summed E-state index contributed by atoms with van der Waals surface area (Å²) in [5, 5.41) is 2.48. The van der Waals surface area contributed by atoms with E-state index in [1.165, 1.54) is 31.2 Å². The van der Waals surface area contributed by atoms with E-state index in [-0.39, 0.29) is 11.5 Å². The number of esters is 1. The lowest BCUT2D eigenvalue weighted by atomic mass is 10.1. The quantitative estimate of drug-likeness (QED) is 0.651. The van der Waals surface area contributed by atoms with Crippen LogP contribution in [-0.4, -0.2) is 29.3 Å². The molecule has 0 unspecified atom stereocenters. The molecule has 0 aliphatic carbocycles. The zero-order chi connectivity index (χ0) is 17.9. The summed E-state index contributed by atoms with van der Waals surface area (Å²) < 4.78 is 17.7. The van der Waals surface area contributed by atoms with Crippen LogP contribution in [-0.2, 0) is 9.53 Å². The minimum Gasteiger partial charge on any atom is -0.451 e. The Balaban J connectivity index is 1.98. The van der Waals surface area contributed by atoms with Crippen LogP contribution in [0.2, 0.25) is 0 Å². The summed E-state index contributed by atoms with van der Waals surface area (Å²) >= 11 is 0. The number of aromatic nitrogens is 1. The number of carbonyl (C=O) groups excluding carboxylic acids is 3. The van der Waals surface area contributed by atoms with Gasteiger partial charge in [0.25, 0.3) is 5.91 Å². The van der Waals surface area contributed by atoms with Crippen LogP contribution in [0.4, 0.5) is 10.1 Å². The van der Waals surface area contributed by atoms with Crippen molar-refractivity contribution < 1.29 is 23.5 Å². The van der Waals surface area contributed by atoms with Gasteiger partial charge in [-0.05, 0) is 50.6 Å². The average molecular weight is 332 g/mol. The maximum absolute atomic E-state index is 12.8. The lowest BCUT2D eigenvalue weighted by molar-refractivity contribution is -0.119. The molecule has 24 heavy (non-hydrogen) atoms. The molecule has 7 heteroatoms. The summed E-state index contributed by atoms with van der Waals surface area (Å²) in [6.07, 6.45) is 0. The van der Waals surface area contributed by atoms with Gasteiger partial charge in [-0.2, -0.15) is 0 Å². The molecule has 2 N–H and O–H groups in total. The number of aromatic amines is 1. The van der Waals surface area contributed by atoms with Crippen LogP contribution < -0.4 is 5.32 Å². The maximum atomic E-state index is 12.8. The molecule has 2 rings (SSSR count). The predicted molar refractivity (Wildman–Crippen MR) is 85.6 cm³/mol. The number of ether oxygens (including phenoxy) is 1. The van der Waals surface area contributed by atoms with Crippen LogP contribution in [0.15, 0.2) is 24.3 Å². The SMILES string of the molecule is CC(=O)c1c(C)[nH]c(C(=O)OCC(=O)Nc2ccc(F)cc2)c1C. The molecular weight excluding hydrogens is 315 g/mol. The Bertz CT molecular complexity index is 794. The van der Waals surface area contributed by atoms with E-state index in [1.807, 2.05) is 0 Å². The highest BCUT2D eigenvalue weighted by Crippen LogP contribution is 2.19. The summed E-state index contributed by atoms with van der Waals surface area (Å²) in [6.45, 7) is 4.23. The molecule has 1 aromatic carbocycles. The number of halogens is 1. The Kier molecular flexibility index (Phi) is 5.13. The van der Waals surface area contributed by atoms with Gasteiger partial charge >= 0.3 is 5.97 Å². The normalized spacial score (nSPS) is 10.3. The van der Waals surface area contributed by atoms with E-state index < -0.39 is 24.3 Å². The van der Waals surface area contributed by atoms with Gasteiger partial charge in [-0.3, -0.25) is 9.59 Å². The van der Waals surface area contributed by atoms with Crippen molar-refractivity contribution in [1.29, 1.82) is 0 Å². The van der Waals surface area contributed by atoms with Crippen molar-refractivity contribution in [3.05, 3.63) is 52.6 Å². The zero-order valence-corrected chi connectivity index (χ0v) is 13.5. The molecule has 2 aromatic rings. The van der Waals surface area contributed by atoms with Gasteiger partial charge in [-0.25, -0.2) is 9.18 Å². The summed E-state index contributed by atoms with van der Waals surface area (Å²) in [6, 6.07) is 5.20. The van der Waals surface area contributed by atoms with Gasteiger partial charge in [0, 0.05) is 16.9 Å². The predicted octanol–water partition coefficient (Wildman–Crippen LogP) is 2.77. The fourth-order valence-electron chi connectivity index (χ4n) is 2.42. The molecule has 1 aromatic heterocycles. The number of benzene rings is 1. The number of ketones is 1. The highest BCUT2D eigenvalue weighted by molar-refractivity contribution is 6.01. The second kappa shape index (κ2) is 7.08. The number of aryl methyl sites for hydroxylation is 1. The summed E-state index contributed by atoms with van der Waals surface area (Å²) in [5.74, 6) is -1.85. The van der Waals surface area contributed by atoms with Crippen LogP contribution in [0.1, 0.15) is 39.0 Å². The molecule has 0 radical (unpaired) electrons. The van der Waals surface area contributed by atoms with Crippen molar-refractivity contribution in [2.75, 3.05) is 11.9 Å². The third-order valence-corrected chi connectivity index (χ3v) is 3.46. The van der Waals surface area contributed by atoms with E-state index in [0.29, 0.717) is 22.5 Å². The summed E-state index contributed by atoms with van der Waals surface area (Å²) in [4.78, 5) is 38.2. The number of anilines is 1. The molecule has 1 heterocycles. The number of hydrogen-bond donors (Lipinski definition) is 2. The highest BCUT2D eigenvalue weighted by Gasteiger charge is 2.21. The van der Waals surface area contributed by atoms with Crippen LogP contribution in [0.25, 0.3) is 0 Å². The van der Waals surface area contributed by atoms with Gasteiger partial charge in [0.05, 0.1) is 0 Å². The van der Waals surface area contributed by atoms with Crippen LogP contribution in [0.3, 0.4) is 0 Å². The molecule has 0 aliphatic heterocycles. The Hall–Kier alpha value is -2.96. The van der Waals surface area contributed by atoms with Gasteiger partial charge < -0.3 is 15.0 Å². The minimum absolute atomic E-state index is 0.146. The van der Waals surface area contributed by atoms with Gasteiger partial charge in [-0.15, -0.1) is 0 Å². The number of H-pyrrole nitrogens is 1. The van der Waals surface area contributed by atoms with Crippen LogP contribution in [0.5, 0.6) is 0 Å². The van der Waals surface area contributed by atoms with Gasteiger partial charge in [0.2, 0.25) is 0 Å². The largest absolute Gasteiger partial charge is 0.451 e. The zero-order valence-electron chi connectivity index (χ0n) is 13.5. The third kappa shape index (κ3) is 3.87. The van der Waals surface area contributed by atoms with Crippen molar-refractivity contribution >= 4 is 23.3 Å². The molecule has 0 spiro atoms. The third-order valence-electron chi connectivity index (χ3n) is 3.46. The van der Waals surface area contributed by atoms with E-state index in [9.17, 15) is 18.8 Å². The fourth-order valence-corrected chi connectivity index (χ4v) is 2.42. The second-order valence-corrected chi connectivity index (χ2v) is 5.31. The highest BCUT2D eigenvalue weighted by atomic mass is 19.1. The lowest BCUT2D eigenvalue weighted by Gasteiger charge is -2.06.